The minimum Gasteiger partial charge on any atom is -0.396 e. The quantitative estimate of drug-likeness (QED) is 0.578. The molecule has 54 valence electrons. The van der Waals surface area contributed by atoms with E-state index in [9.17, 15) is 0 Å². The highest BCUT2D eigenvalue weighted by Gasteiger charge is 1.83. The molecule has 0 heterocycles. The van der Waals surface area contributed by atoms with Gasteiger partial charge in [-0.3, -0.25) is 0 Å². The van der Waals surface area contributed by atoms with Gasteiger partial charge in [-0.05, 0) is 23.3 Å². The Labute approximate surface area is 70.3 Å². The smallest absolute Gasteiger partial charge is 0.0431 e. The van der Waals surface area contributed by atoms with Crippen molar-refractivity contribution in [3.63, 3.8) is 0 Å². The molecular formula is C7H13IO. The highest BCUT2D eigenvalue weighted by molar-refractivity contribution is 14.1. The summed E-state index contributed by atoms with van der Waals surface area (Å²) in [5.41, 5.74) is 0. The van der Waals surface area contributed by atoms with Crippen LogP contribution in [0.3, 0.4) is 0 Å². The lowest BCUT2D eigenvalue weighted by Crippen LogP contribution is -1.81. The van der Waals surface area contributed by atoms with E-state index in [0.717, 1.165) is 19.3 Å². The fourth-order valence-corrected chi connectivity index (χ4v) is 0.973. The van der Waals surface area contributed by atoms with E-state index in [1.54, 1.807) is 0 Å². The Morgan fingerprint density at radius 3 is 2.56 bits per heavy atom. The van der Waals surface area contributed by atoms with Gasteiger partial charge >= 0.3 is 0 Å². The molecule has 0 aromatic carbocycles. The van der Waals surface area contributed by atoms with E-state index in [-0.39, 0.29) is 0 Å². The number of aliphatic hydroxyl groups excluding tert-OH is 1. The van der Waals surface area contributed by atoms with Crippen LogP contribution in [0, 0.1) is 0 Å². The summed E-state index contributed by atoms with van der Waals surface area (Å²) in [7, 11) is 0. The van der Waals surface area contributed by atoms with Crippen molar-refractivity contribution in [3.8, 4) is 0 Å². The second-order valence-corrected chi connectivity index (χ2v) is 2.65. The molecule has 0 unspecified atom stereocenters. The summed E-state index contributed by atoms with van der Waals surface area (Å²) in [6, 6.07) is 0. The van der Waals surface area contributed by atoms with Crippen molar-refractivity contribution in [2.24, 2.45) is 0 Å². The Bertz CT molecular complexity index is 71.3. The number of allylic oxidation sites excluding steroid dienone is 1. The lowest BCUT2D eigenvalue weighted by molar-refractivity contribution is 0.283. The summed E-state index contributed by atoms with van der Waals surface area (Å²) < 4.78 is 2.04. The van der Waals surface area contributed by atoms with Gasteiger partial charge in [0.25, 0.3) is 0 Å². The molecule has 0 saturated heterocycles. The number of hydrogen-bond donors (Lipinski definition) is 1. The summed E-state index contributed by atoms with van der Waals surface area (Å²) >= 11 is 2.22. The minimum atomic E-state index is 0.341. The molecule has 0 bridgehead atoms. The first-order chi connectivity index (χ1) is 4.41. The Morgan fingerprint density at radius 2 is 2.00 bits per heavy atom. The number of unbranched alkanes of at least 4 members (excludes halogenated alkanes) is 3. The zero-order valence-electron chi connectivity index (χ0n) is 5.52. The van der Waals surface area contributed by atoms with E-state index in [2.05, 4.69) is 28.7 Å². The number of hydrogen-bond acceptors (Lipinski definition) is 1. The third-order valence-corrected chi connectivity index (χ3v) is 1.63. The standard InChI is InChI=1S/C7H13IO/c8-6-4-2-1-3-5-7-9/h4,6,9H,1-3,5,7H2/b6-4+. The maximum Gasteiger partial charge on any atom is 0.0431 e. The normalized spacial score (nSPS) is 10.9. The molecule has 0 aliphatic carbocycles. The van der Waals surface area contributed by atoms with Crippen molar-refractivity contribution in [1.82, 2.24) is 0 Å². The number of aliphatic hydroxyl groups is 1. The summed E-state index contributed by atoms with van der Waals surface area (Å²) in [6.45, 7) is 0.341. The van der Waals surface area contributed by atoms with Crippen LogP contribution in [0.25, 0.3) is 0 Å². The monoisotopic (exact) mass is 240 g/mol. The van der Waals surface area contributed by atoms with E-state index < -0.39 is 0 Å². The molecule has 0 saturated carbocycles. The van der Waals surface area contributed by atoms with Crippen LogP contribution in [-0.4, -0.2) is 11.7 Å². The zero-order chi connectivity index (χ0) is 6.95. The second kappa shape index (κ2) is 8.43. The zero-order valence-corrected chi connectivity index (χ0v) is 7.67. The fourth-order valence-electron chi connectivity index (χ4n) is 0.614. The van der Waals surface area contributed by atoms with Crippen LogP contribution in [0.4, 0.5) is 0 Å². The molecule has 0 spiro atoms. The SMILES string of the molecule is OCCCCC/C=C/I. The highest BCUT2D eigenvalue weighted by Crippen LogP contribution is 2.00. The molecule has 0 amide bonds. The molecule has 9 heavy (non-hydrogen) atoms. The van der Waals surface area contributed by atoms with Crippen LogP contribution < -0.4 is 0 Å². The number of rotatable bonds is 5. The van der Waals surface area contributed by atoms with Gasteiger partial charge in [-0.25, -0.2) is 0 Å². The second-order valence-electron chi connectivity index (χ2n) is 1.93. The van der Waals surface area contributed by atoms with Gasteiger partial charge in [0.15, 0.2) is 0 Å². The van der Waals surface area contributed by atoms with Crippen molar-refractivity contribution in [2.45, 2.75) is 25.7 Å². The Balaban J connectivity index is 2.75. The van der Waals surface area contributed by atoms with Gasteiger partial charge in [0.2, 0.25) is 0 Å². The van der Waals surface area contributed by atoms with Gasteiger partial charge in [0, 0.05) is 6.61 Å². The van der Waals surface area contributed by atoms with Crippen LogP contribution in [0.5, 0.6) is 0 Å². The van der Waals surface area contributed by atoms with Crippen LogP contribution in [0.15, 0.2) is 10.2 Å². The minimum absolute atomic E-state index is 0.341. The molecule has 0 aliphatic heterocycles. The predicted molar refractivity (Wildman–Crippen MR) is 48.7 cm³/mol. The molecule has 0 rings (SSSR count). The fraction of sp³-hybridized carbons (Fsp3) is 0.714. The Hall–Kier alpha value is 0.430. The first-order valence-electron chi connectivity index (χ1n) is 3.28. The van der Waals surface area contributed by atoms with Gasteiger partial charge in [-0.1, -0.05) is 35.1 Å². The molecule has 1 N–H and O–H groups in total. The van der Waals surface area contributed by atoms with E-state index in [1.807, 2.05) is 4.08 Å². The first-order valence-corrected chi connectivity index (χ1v) is 4.52. The lowest BCUT2D eigenvalue weighted by Gasteiger charge is -1.91. The van der Waals surface area contributed by atoms with Gasteiger partial charge in [0.05, 0.1) is 0 Å². The van der Waals surface area contributed by atoms with Gasteiger partial charge in [-0.2, -0.15) is 0 Å². The van der Waals surface area contributed by atoms with Crippen LogP contribution in [-0.2, 0) is 0 Å². The predicted octanol–water partition coefficient (Wildman–Crippen LogP) is 2.49. The third-order valence-electron chi connectivity index (χ3n) is 1.12. The number of halogens is 1. The van der Waals surface area contributed by atoms with E-state index in [0.29, 0.717) is 6.61 Å². The molecular weight excluding hydrogens is 227 g/mol. The average Bonchev–Trinajstić information content (AvgIpc) is 1.89. The molecule has 0 aliphatic rings. The molecule has 0 aromatic heterocycles. The Morgan fingerprint density at radius 1 is 1.22 bits per heavy atom. The molecule has 0 aromatic rings. The lowest BCUT2D eigenvalue weighted by atomic mass is 10.2. The molecule has 2 heteroatoms. The summed E-state index contributed by atoms with van der Waals surface area (Å²) in [4.78, 5) is 0. The highest BCUT2D eigenvalue weighted by atomic mass is 127. The average molecular weight is 240 g/mol. The maximum atomic E-state index is 8.40. The van der Waals surface area contributed by atoms with Gasteiger partial charge in [0.1, 0.15) is 0 Å². The van der Waals surface area contributed by atoms with E-state index >= 15 is 0 Å². The molecule has 0 fully saturated rings. The van der Waals surface area contributed by atoms with Gasteiger partial charge in [-0.15, -0.1) is 0 Å². The first kappa shape index (κ1) is 9.43. The topological polar surface area (TPSA) is 20.2 Å². The summed E-state index contributed by atoms with van der Waals surface area (Å²) in [6.07, 6.45) is 6.62. The summed E-state index contributed by atoms with van der Waals surface area (Å²) in [5.74, 6) is 0. The van der Waals surface area contributed by atoms with Crippen molar-refractivity contribution in [1.29, 1.82) is 0 Å². The van der Waals surface area contributed by atoms with Crippen LogP contribution in [0.2, 0.25) is 0 Å². The van der Waals surface area contributed by atoms with Crippen molar-refractivity contribution in [3.05, 3.63) is 10.2 Å². The van der Waals surface area contributed by atoms with E-state index in [4.69, 9.17) is 5.11 Å². The van der Waals surface area contributed by atoms with Crippen LogP contribution in [0.1, 0.15) is 25.7 Å². The van der Waals surface area contributed by atoms with Crippen LogP contribution >= 0.6 is 22.6 Å². The third kappa shape index (κ3) is 8.43. The summed E-state index contributed by atoms with van der Waals surface area (Å²) in [5, 5.41) is 8.40. The van der Waals surface area contributed by atoms with Crippen molar-refractivity contribution < 1.29 is 5.11 Å². The molecule has 0 radical (unpaired) electrons. The van der Waals surface area contributed by atoms with E-state index in [1.165, 1.54) is 6.42 Å². The molecule has 1 nitrogen and oxygen atoms in total. The maximum absolute atomic E-state index is 8.40. The van der Waals surface area contributed by atoms with Crippen molar-refractivity contribution >= 4 is 22.6 Å². The molecule has 0 atom stereocenters. The Kier molecular flexibility index (Phi) is 8.83. The largest absolute Gasteiger partial charge is 0.396 e. The van der Waals surface area contributed by atoms with Gasteiger partial charge < -0.3 is 5.11 Å². The van der Waals surface area contributed by atoms with Crippen molar-refractivity contribution in [2.75, 3.05) is 6.61 Å².